The molecule has 2 aromatic heterocycles. The van der Waals surface area contributed by atoms with Crippen LogP contribution < -0.4 is 15.9 Å². The molecule has 0 fully saturated rings. The van der Waals surface area contributed by atoms with E-state index in [0.29, 0.717) is 17.0 Å². The van der Waals surface area contributed by atoms with Gasteiger partial charge in [-0.3, -0.25) is 10.2 Å². The molecule has 0 saturated heterocycles. The van der Waals surface area contributed by atoms with Crippen LogP contribution in [0.4, 0.5) is 0 Å². The molecule has 3 aromatic rings. The fourth-order valence-corrected chi connectivity index (χ4v) is 2.74. The molecule has 2 heterocycles. The Hall–Kier alpha value is -3.35. The maximum atomic E-state index is 12.6. The Kier molecular flexibility index (Phi) is 4.14. The van der Waals surface area contributed by atoms with Crippen molar-refractivity contribution in [2.75, 3.05) is 14.2 Å². The third-order valence-electron chi connectivity index (χ3n) is 3.82. The SMILES string of the molecule is COC(=O)c1c(-c2cccc(OC)c2)c2c(=O)[nH]c(C)cc2oc1=N. The molecule has 7 heteroatoms. The van der Waals surface area contributed by atoms with Gasteiger partial charge in [0, 0.05) is 17.3 Å². The molecule has 0 unspecified atom stereocenters. The third-order valence-corrected chi connectivity index (χ3v) is 3.82. The second-order valence-electron chi connectivity index (χ2n) is 5.43. The summed E-state index contributed by atoms with van der Waals surface area (Å²) in [6, 6.07) is 8.49. The van der Waals surface area contributed by atoms with E-state index in [1.165, 1.54) is 14.2 Å². The van der Waals surface area contributed by atoms with E-state index >= 15 is 0 Å². The van der Waals surface area contributed by atoms with Crippen molar-refractivity contribution in [1.82, 2.24) is 4.98 Å². The molecule has 0 amide bonds. The zero-order valence-electron chi connectivity index (χ0n) is 13.9. The molecule has 25 heavy (non-hydrogen) atoms. The Morgan fingerprint density at radius 1 is 1.24 bits per heavy atom. The van der Waals surface area contributed by atoms with Crippen LogP contribution in [0, 0.1) is 12.3 Å². The molecule has 2 N–H and O–H groups in total. The second-order valence-corrected chi connectivity index (χ2v) is 5.43. The molecule has 0 aliphatic rings. The molecule has 0 bridgehead atoms. The van der Waals surface area contributed by atoms with Crippen molar-refractivity contribution in [2.45, 2.75) is 6.92 Å². The van der Waals surface area contributed by atoms with Gasteiger partial charge in [0.2, 0.25) is 5.55 Å². The lowest BCUT2D eigenvalue weighted by Gasteiger charge is -2.12. The topological polar surface area (TPSA) is 105 Å². The summed E-state index contributed by atoms with van der Waals surface area (Å²) < 4.78 is 15.4. The van der Waals surface area contributed by atoms with Crippen molar-refractivity contribution in [3.8, 4) is 16.9 Å². The zero-order chi connectivity index (χ0) is 18.1. The molecule has 7 nitrogen and oxygen atoms in total. The van der Waals surface area contributed by atoms with Gasteiger partial charge in [-0.25, -0.2) is 4.79 Å². The molecule has 1 aromatic carbocycles. The van der Waals surface area contributed by atoms with Crippen LogP contribution in [-0.2, 0) is 4.74 Å². The van der Waals surface area contributed by atoms with E-state index in [2.05, 4.69) is 4.98 Å². The number of pyridine rings is 1. The van der Waals surface area contributed by atoms with Crippen molar-refractivity contribution >= 4 is 16.9 Å². The fraction of sp³-hybridized carbons (Fsp3) is 0.167. The van der Waals surface area contributed by atoms with E-state index in [0.717, 1.165) is 0 Å². The van der Waals surface area contributed by atoms with Crippen LogP contribution in [-0.4, -0.2) is 25.2 Å². The first-order valence-electron chi connectivity index (χ1n) is 7.44. The molecule has 0 aliphatic carbocycles. The summed E-state index contributed by atoms with van der Waals surface area (Å²) in [5, 5.41) is 8.28. The molecular formula is C18H16N2O5. The number of methoxy groups -OCH3 is 2. The summed E-state index contributed by atoms with van der Waals surface area (Å²) in [7, 11) is 2.73. The van der Waals surface area contributed by atoms with Gasteiger partial charge in [-0.2, -0.15) is 0 Å². The Labute approximate surface area is 142 Å². The smallest absolute Gasteiger partial charge is 0.344 e. The minimum absolute atomic E-state index is 0.113. The molecule has 0 radical (unpaired) electrons. The molecule has 0 spiro atoms. The summed E-state index contributed by atoms with van der Waals surface area (Å²) in [5.41, 5.74) is 0.725. The van der Waals surface area contributed by atoms with Crippen molar-refractivity contribution in [3.63, 3.8) is 0 Å². The van der Waals surface area contributed by atoms with Crippen molar-refractivity contribution in [2.24, 2.45) is 0 Å². The van der Waals surface area contributed by atoms with Gasteiger partial charge in [0.05, 0.1) is 19.6 Å². The number of aromatic nitrogens is 1. The maximum Gasteiger partial charge on any atom is 0.344 e. The highest BCUT2D eigenvalue weighted by Gasteiger charge is 2.23. The molecule has 0 aliphatic heterocycles. The predicted octanol–water partition coefficient (Wildman–Crippen LogP) is 2.37. The number of hydrogen-bond acceptors (Lipinski definition) is 6. The van der Waals surface area contributed by atoms with Gasteiger partial charge in [-0.1, -0.05) is 12.1 Å². The van der Waals surface area contributed by atoms with Crippen molar-refractivity contribution < 1.29 is 18.7 Å². The zero-order valence-corrected chi connectivity index (χ0v) is 13.9. The first-order valence-corrected chi connectivity index (χ1v) is 7.44. The number of aryl methyl sites for hydroxylation is 1. The first kappa shape index (κ1) is 16.5. The highest BCUT2D eigenvalue weighted by molar-refractivity contribution is 6.05. The first-order chi connectivity index (χ1) is 12.0. The number of hydrogen-bond donors (Lipinski definition) is 2. The molecule has 128 valence electrons. The number of esters is 1. The lowest BCUT2D eigenvalue weighted by molar-refractivity contribution is 0.0596. The largest absolute Gasteiger partial charge is 0.497 e. The quantitative estimate of drug-likeness (QED) is 0.712. The summed E-state index contributed by atoms with van der Waals surface area (Å²) >= 11 is 0. The number of ether oxygens (including phenoxy) is 2. The van der Waals surface area contributed by atoms with Crippen LogP contribution in [0.25, 0.3) is 22.1 Å². The lowest BCUT2D eigenvalue weighted by Crippen LogP contribution is -2.20. The minimum Gasteiger partial charge on any atom is -0.497 e. The van der Waals surface area contributed by atoms with Crippen LogP contribution in [0.3, 0.4) is 0 Å². The van der Waals surface area contributed by atoms with Crippen LogP contribution >= 0.6 is 0 Å². The summed E-state index contributed by atoms with van der Waals surface area (Å²) in [4.78, 5) is 27.5. The maximum absolute atomic E-state index is 12.6. The Balaban J connectivity index is 2.54. The average Bonchev–Trinajstić information content (AvgIpc) is 2.59. The Bertz CT molecular complexity index is 1090. The van der Waals surface area contributed by atoms with Gasteiger partial charge >= 0.3 is 5.97 Å². The van der Waals surface area contributed by atoms with E-state index in [1.54, 1.807) is 37.3 Å². The molecular weight excluding hydrogens is 324 g/mol. The Morgan fingerprint density at radius 2 is 2.00 bits per heavy atom. The lowest BCUT2D eigenvalue weighted by atomic mass is 9.97. The Morgan fingerprint density at radius 3 is 2.68 bits per heavy atom. The monoisotopic (exact) mass is 340 g/mol. The number of fused-ring (bicyclic) bond motifs is 1. The molecule has 3 rings (SSSR count). The van der Waals surface area contributed by atoms with Gasteiger partial charge in [-0.05, 0) is 24.6 Å². The van der Waals surface area contributed by atoms with Gasteiger partial charge in [-0.15, -0.1) is 0 Å². The summed E-state index contributed by atoms with van der Waals surface area (Å²) in [6.45, 7) is 1.71. The normalized spacial score (nSPS) is 10.7. The van der Waals surface area contributed by atoms with E-state index in [1.807, 2.05) is 0 Å². The van der Waals surface area contributed by atoms with Gasteiger partial charge < -0.3 is 18.9 Å². The predicted molar refractivity (Wildman–Crippen MR) is 90.8 cm³/mol. The number of nitrogens with one attached hydrogen (secondary N) is 2. The van der Waals surface area contributed by atoms with Crippen LogP contribution in [0.5, 0.6) is 5.75 Å². The van der Waals surface area contributed by atoms with Crippen LogP contribution in [0.2, 0.25) is 0 Å². The average molecular weight is 340 g/mol. The highest BCUT2D eigenvalue weighted by Crippen LogP contribution is 2.31. The second kappa shape index (κ2) is 6.27. The van der Waals surface area contributed by atoms with Crippen LogP contribution in [0.1, 0.15) is 16.1 Å². The number of aromatic amines is 1. The van der Waals surface area contributed by atoms with Gasteiger partial charge in [0.1, 0.15) is 16.9 Å². The highest BCUT2D eigenvalue weighted by atomic mass is 16.5. The van der Waals surface area contributed by atoms with E-state index in [4.69, 9.17) is 19.3 Å². The van der Waals surface area contributed by atoms with E-state index < -0.39 is 11.5 Å². The van der Waals surface area contributed by atoms with Gasteiger partial charge in [0.15, 0.2) is 0 Å². The fourth-order valence-electron chi connectivity index (χ4n) is 2.74. The number of benzene rings is 1. The van der Waals surface area contributed by atoms with E-state index in [9.17, 15) is 9.59 Å². The standard InChI is InChI=1S/C18H16N2O5/c1-9-7-12-14(17(21)20-9)13(10-5-4-6-11(8-10)23-2)15(16(19)25-12)18(22)24-3/h4-8,19H,1-3H3,(H,20,21). The van der Waals surface area contributed by atoms with Crippen molar-refractivity contribution in [3.05, 3.63) is 57.5 Å². The minimum atomic E-state index is -0.756. The molecule has 0 atom stereocenters. The molecule has 0 saturated carbocycles. The number of H-pyrrole nitrogens is 1. The number of carbonyl (C=O) groups is 1. The van der Waals surface area contributed by atoms with E-state index in [-0.39, 0.29) is 27.7 Å². The summed E-state index contributed by atoms with van der Waals surface area (Å²) in [6.07, 6.45) is 0. The summed E-state index contributed by atoms with van der Waals surface area (Å²) in [5.74, 6) is -0.203. The van der Waals surface area contributed by atoms with Crippen molar-refractivity contribution in [1.29, 1.82) is 5.41 Å². The number of rotatable bonds is 3. The number of carbonyl (C=O) groups excluding carboxylic acids is 1. The van der Waals surface area contributed by atoms with Gasteiger partial charge in [0.25, 0.3) is 5.56 Å². The third kappa shape index (κ3) is 2.80. The van der Waals surface area contributed by atoms with Crippen LogP contribution in [0.15, 0.2) is 39.5 Å².